The minimum atomic E-state index is -2.72. The zero-order chi connectivity index (χ0) is 23.8. The van der Waals surface area contributed by atoms with Gasteiger partial charge in [0.05, 0.1) is 0 Å². The number of H-pyrrole nitrogens is 1. The molecule has 1 saturated carbocycles. The van der Waals surface area contributed by atoms with E-state index < -0.39 is 12.2 Å². The summed E-state index contributed by atoms with van der Waals surface area (Å²) < 4.78 is 26.2. The van der Waals surface area contributed by atoms with Crippen molar-refractivity contribution in [3.8, 4) is 11.4 Å². The highest BCUT2D eigenvalue weighted by Gasteiger charge is 2.29. The number of alkyl halides is 2. The molecule has 0 radical (unpaired) electrons. The Bertz CT molecular complexity index is 1180. The predicted octanol–water partition coefficient (Wildman–Crippen LogP) is 5.59. The maximum Gasteiger partial charge on any atom is 0.296 e. The Morgan fingerprint density at radius 3 is 2.38 bits per heavy atom. The number of carbonyl (C=O) groups excluding carboxylic acids is 1. The van der Waals surface area contributed by atoms with E-state index in [0.29, 0.717) is 36.1 Å². The molecular formula is C26H29F2N5O. The Kier molecular flexibility index (Phi) is 6.06. The van der Waals surface area contributed by atoms with Crippen LogP contribution in [0, 0.1) is 6.92 Å². The lowest BCUT2D eigenvalue weighted by molar-refractivity contribution is 0.0712. The van der Waals surface area contributed by atoms with Gasteiger partial charge >= 0.3 is 0 Å². The van der Waals surface area contributed by atoms with Crippen LogP contribution in [0.25, 0.3) is 11.4 Å². The van der Waals surface area contributed by atoms with Crippen LogP contribution in [-0.2, 0) is 0 Å². The van der Waals surface area contributed by atoms with E-state index in [1.54, 1.807) is 0 Å². The molecule has 0 unspecified atom stereocenters. The summed E-state index contributed by atoms with van der Waals surface area (Å²) in [5.41, 5.74) is 11.0. The molecule has 1 aliphatic carbocycles. The second-order valence-electron chi connectivity index (χ2n) is 9.46. The quantitative estimate of drug-likeness (QED) is 0.481. The van der Waals surface area contributed by atoms with Crippen molar-refractivity contribution < 1.29 is 13.6 Å². The summed E-state index contributed by atoms with van der Waals surface area (Å²) in [5, 5.41) is 6.39. The van der Waals surface area contributed by atoms with Gasteiger partial charge in [0.2, 0.25) is 0 Å². The monoisotopic (exact) mass is 465 g/mol. The number of piperidine rings is 1. The lowest BCUT2D eigenvalue weighted by Gasteiger charge is -2.33. The van der Waals surface area contributed by atoms with Crippen LogP contribution in [0.5, 0.6) is 0 Å². The van der Waals surface area contributed by atoms with Gasteiger partial charge in [-0.1, -0.05) is 24.6 Å². The van der Waals surface area contributed by atoms with Crippen LogP contribution in [-0.4, -0.2) is 39.1 Å². The van der Waals surface area contributed by atoms with Crippen LogP contribution in [0.2, 0.25) is 0 Å². The molecule has 6 nitrogen and oxygen atoms in total. The number of nitrogens with two attached hydrogens (primary N) is 1. The van der Waals surface area contributed by atoms with Crippen molar-refractivity contribution in [2.24, 2.45) is 0 Å². The second kappa shape index (κ2) is 9.16. The average Bonchev–Trinajstić information content (AvgIpc) is 3.29. The largest absolute Gasteiger partial charge is 0.399 e. The molecule has 2 aliphatic rings. The molecule has 5 rings (SSSR count). The molecule has 34 heavy (non-hydrogen) atoms. The Morgan fingerprint density at radius 1 is 1.09 bits per heavy atom. The fourth-order valence-corrected chi connectivity index (χ4v) is 5.06. The normalized spacial score (nSPS) is 17.2. The molecule has 0 spiro atoms. The molecule has 178 valence electrons. The number of likely N-dealkylation sites (tertiary alicyclic amines) is 1. The number of amides is 1. The molecular weight excluding hydrogens is 436 g/mol. The molecule has 1 aromatic heterocycles. The first-order valence-electron chi connectivity index (χ1n) is 11.9. The molecule has 2 fully saturated rings. The van der Waals surface area contributed by atoms with Gasteiger partial charge in [-0.3, -0.25) is 9.89 Å². The lowest BCUT2D eigenvalue weighted by atomic mass is 9.77. The van der Waals surface area contributed by atoms with E-state index >= 15 is 0 Å². The first-order chi connectivity index (χ1) is 16.4. The molecule has 2 aromatic carbocycles. The topological polar surface area (TPSA) is 87.9 Å². The molecule has 8 heteroatoms. The summed E-state index contributed by atoms with van der Waals surface area (Å²) in [7, 11) is 0. The Hall–Kier alpha value is -3.29. The minimum Gasteiger partial charge on any atom is -0.399 e. The van der Waals surface area contributed by atoms with Crippen LogP contribution >= 0.6 is 0 Å². The number of carbonyl (C=O) groups is 1. The van der Waals surface area contributed by atoms with Crippen LogP contribution in [0.3, 0.4) is 0 Å². The smallest absolute Gasteiger partial charge is 0.296 e. The van der Waals surface area contributed by atoms with E-state index in [-0.39, 0.29) is 11.7 Å². The highest BCUT2D eigenvalue weighted by Crippen LogP contribution is 2.42. The first kappa shape index (κ1) is 22.5. The number of hydrogen-bond donors (Lipinski definition) is 2. The summed E-state index contributed by atoms with van der Waals surface area (Å²) in [6.45, 7) is 3.29. The number of aromatic amines is 1. The van der Waals surface area contributed by atoms with Gasteiger partial charge in [-0.05, 0) is 79.3 Å². The van der Waals surface area contributed by atoms with E-state index in [1.165, 1.54) is 5.56 Å². The van der Waals surface area contributed by atoms with Crippen LogP contribution in [0.4, 0.5) is 14.5 Å². The second-order valence-corrected chi connectivity index (χ2v) is 9.46. The number of rotatable bonds is 5. The van der Waals surface area contributed by atoms with Crippen LogP contribution < -0.4 is 5.73 Å². The van der Waals surface area contributed by atoms with Gasteiger partial charge in [0.15, 0.2) is 11.6 Å². The number of nitrogens with one attached hydrogen (secondary N) is 1. The number of nitrogens with zero attached hydrogens (tertiary/aromatic N) is 3. The maximum absolute atomic E-state index is 13.5. The van der Waals surface area contributed by atoms with Crippen LogP contribution in [0.1, 0.15) is 83.2 Å². The Labute approximate surface area is 197 Å². The fraction of sp³-hybridized carbons (Fsp3) is 0.423. The molecule has 3 N–H and O–H groups in total. The molecule has 0 bridgehead atoms. The van der Waals surface area contributed by atoms with E-state index in [0.717, 1.165) is 48.9 Å². The molecule has 3 aromatic rings. The van der Waals surface area contributed by atoms with E-state index in [1.807, 2.05) is 36.1 Å². The standard InChI is InChI=1S/C26H29F2N5O/c1-15-13-21(18-3-2-4-18)22(24-30-25(23(27)28)32-31-24)14-20(15)26(34)33-11-9-17(10-12-33)16-5-7-19(29)8-6-16/h5-8,13-14,17-18,23H,2-4,9-12,29H2,1H3,(H,30,31,32). The maximum atomic E-state index is 13.5. The van der Waals surface area contributed by atoms with Crippen LogP contribution in [0.15, 0.2) is 36.4 Å². The Morgan fingerprint density at radius 2 is 1.79 bits per heavy atom. The highest BCUT2D eigenvalue weighted by molar-refractivity contribution is 5.97. The molecule has 1 saturated heterocycles. The van der Waals surface area contributed by atoms with Gasteiger partial charge in [-0.2, -0.15) is 5.10 Å². The van der Waals surface area contributed by atoms with E-state index in [2.05, 4.69) is 27.3 Å². The number of benzene rings is 2. The SMILES string of the molecule is Cc1cc(C2CCC2)c(-c2n[nH]c(C(F)F)n2)cc1C(=O)N1CCC(c2ccc(N)cc2)CC1. The van der Waals surface area contributed by atoms with E-state index in [9.17, 15) is 13.6 Å². The minimum absolute atomic E-state index is 0.0284. The third-order valence-corrected chi connectivity index (χ3v) is 7.31. The summed E-state index contributed by atoms with van der Waals surface area (Å²) in [6, 6.07) is 11.8. The molecule has 1 amide bonds. The lowest BCUT2D eigenvalue weighted by Crippen LogP contribution is -2.38. The first-order valence-corrected chi connectivity index (χ1v) is 11.9. The van der Waals surface area contributed by atoms with Crippen molar-refractivity contribution in [1.29, 1.82) is 0 Å². The fourth-order valence-electron chi connectivity index (χ4n) is 5.06. The average molecular weight is 466 g/mol. The number of aryl methyl sites for hydroxylation is 1. The molecule has 2 heterocycles. The van der Waals surface area contributed by atoms with Crippen molar-refractivity contribution in [3.05, 3.63) is 64.5 Å². The van der Waals surface area contributed by atoms with Gasteiger partial charge in [0.1, 0.15) is 0 Å². The molecule has 0 atom stereocenters. The summed E-state index contributed by atoms with van der Waals surface area (Å²) >= 11 is 0. The number of nitrogen functional groups attached to an aromatic ring is 1. The number of halogens is 2. The van der Waals surface area contributed by atoms with Gasteiger partial charge in [-0.25, -0.2) is 13.8 Å². The third kappa shape index (κ3) is 4.29. The van der Waals surface area contributed by atoms with Crippen molar-refractivity contribution >= 4 is 11.6 Å². The Balaban J connectivity index is 1.39. The van der Waals surface area contributed by atoms with Crippen molar-refractivity contribution in [1.82, 2.24) is 20.1 Å². The van der Waals surface area contributed by atoms with Crippen molar-refractivity contribution in [2.45, 2.75) is 57.3 Å². The number of aromatic nitrogens is 3. The zero-order valence-corrected chi connectivity index (χ0v) is 19.2. The van der Waals surface area contributed by atoms with Gasteiger partial charge in [-0.15, -0.1) is 0 Å². The number of hydrogen-bond acceptors (Lipinski definition) is 4. The zero-order valence-electron chi connectivity index (χ0n) is 19.2. The highest BCUT2D eigenvalue weighted by atomic mass is 19.3. The van der Waals surface area contributed by atoms with Gasteiger partial charge in [0.25, 0.3) is 12.3 Å². The van der Waals surface area contributed by atoms with Crippen molar-refractivity contribution in [3.63, 3.8) is 0 Å². The van der Waals surface area contributed by atoms with Crippen molar-refractivity contribution in [2.75, 3.05) is 18.8 Å². The van der Waals surface area contributed by atoms with Gasteiger partial charge < -0.3 is 10.6 Å². The predicted molar refractivity (Wildman–Crippen MR) is 127 cm³/mol. The third-order valence-electron chi connectivity index (χ3n) is 7.31. The molecule has 1 aliphatic heterocycles. The summed E-state index contributed by atoms with van der Waals surface area (Å²) in [6.07, 6.45) is 2.29. The summed E-state index contributed by atoms with van der Waals surface area (Å²) in [5.74, 6) is 0.505. The number of anilines is 1. The van der Waals surface area contributed by atoms with Gasteiger partial charge in [0, 0.05) is 29.9 Å². The summed E-state index contributed by atoms with van der Waals surface area (Å²) in [4.78, 5) is 19.4. The van der Waals surface area contributed by atoms with E-state index in [4.69, 9.17) is 5.73 Å².